The number of hydrogen-bond acceptors (Lipinski definition) is 3. The van der Waals surface area contributed by atoms with E-state index >= 15 is 0 Å². The van der Waals surface area contributed by atoms with Gasteiger partial charge in [-0.1, -0.05) is 0 Å². The summed E-state index contributed by atoms with van der Waals surface area (Å²) in [6, 6.07) is 7.57. The fourth-order valence-electron chi connectivity index (χ4n) is 1.46. The Bertz CT molecular complexity index is 411. The van der Waals surface area contributed by atoms with Crippen molar-refractivity contribution in [2.24, 2.45) is 0 Å². The van der Waals surface area contributed by atoms with E-state index in [4.69, 9.17) is 9.47 Å². The van der Waals surface area contributed by atoms with Gasteiger partial charge in [0.2, 0.25) is 0 Å². The predicted octanol–water partition coefficient (Wildman–Crippen LogP) is 2.25. The normalized spacial score (nSPS) is 10.1. The molecule has 0 amide bonds. The van der Waals surface area contributed by atoms with Crippen molar-refractivity contribution in [2.75, 3.05) is 14.2 Å². The van der Waals surface area contributed by atoms with Crippen LogP contribution >= 0.6 is 0 Å². The fraction of sp³-hybridized carbons (Fsp3) is 0.182. The second-order valence-electron chi connectivity index (χ2n) is 2.87. The van der Waals surface area contributed by atoms with Crippen molar-refractivity contribution in [3.8, 4) is 11.5 Å². The van der Waals surface area contributed by atoms with E-state index in [1.807, 2.05) is 24.3 Å². The van der Waals surface area contributed by atoms with Crippen LogP contribution in [-0.4, -0.2) is 19.2 Å². The Morgan fingerprint density at radius 2 is 1.71 bits per heavy atom. The van der Waals surface area contributed by atoms with E-state index in [0.29, 0.717) is 0 Å². The SMILES string of the molecule is COc1ccc(OC)c2ncccc12. The van der Waals surface area contributed by atoms with Crippen LogP contribution in [0.5, 0.6) is 11.5 Å². The summed E-state index contributed by atoms with van der Waals surface area (Å²) < 4.78 is 10.4. The Hall–Kier alpha value is -1.77. The van der Waals surface area contributed by atoms with Gasteiger partial charge in [-0.2, -0.15) is 0 Å². The van der Waals surface area contributed by atoms with Crippen LogP contribution in [0, 0.1) is 0 Å². The minimum absolute atomic E-state index is 0.765. The number of hydrogen-bond donors (Lipinski definition) is 0. The van der Waals surface area contributed by atoms with E-state index in [-0.39, 0.29) is 0 Å². The minimum Gasteiger partial charge on any atom is -0.496 e. The van der Waals surface area contributed by atoms with Gasteiger partial charge in [-0.25, -0.2) is 0 Å². The number of fused-ring (bicyclic) bond motifs is 1. The lowest BCUT2D eigenvalue weighted by atomic mass is 10.2. The highest BCUT2D eigenvalue weighted by Crippen LogP contribution is 2.30. The first-order chi connectivity index (χ1) is 6.86. The van der Waals surface area contributed by atoms with E-state index in [2.05, 4.69) is 4.98 Å². The molecule has 0 unspecified atom stereocenters. The van der Waals surface area contributed by atoms with Crippen LogP contribution in [0.3, 0.4) is 0 Å². The summed E-state index contributed by atoms with van der Waals surface area (Å²) in [5.41, 5.74) is 0.828. The number of ether oxygens (including phenoxy) is 2. The van der Waals surface area contributed by atoms with Gasteiger partial charge in [-0.05, 0) is 24.3 Å². The Labute approximate surface area is 82.3 Å². The second kappa shape index (κ2) is 3.54. The molecule has 3 nitrogen and oxygen atoms in total. The molecule has 0 N–H and O–H groups in total. The minimum atomic E-state index is 0.765. The average molecular weight is 189 g/mol. The van der Waals surface area contributed by atoms with Gasteiger partial charge < -0.3 is 9.47 Å². The molecule has 1 aromatic heterocycles. The van der Waals surface area contributed by atoms with Crippen LogP contribution in [0.2, 0.25) is 0 Å². The van der Waals surface area contributed by atoms with Crippen LogP contribution in [0.15, 0.2) is 30.5 Å². The first-order valence-electron chi connectivity index (χ1n) is 4.32. The molecule has 0 saturated carbocycles. The molecule has 0 aliphatic rings. The topological polar surface area (TPSA) is 31.4 Å². The lowest BCUT2D eigenvalue weighted by molar-refractivity contribution is 0.410. The maximum Gasteiger partial charge on any atom is 0.145 e. The molecule has 0 saturated heterocycles. The first kappa shape index (κ1) is 8.81. The number of methoxy groups -OCH3 is 2. The Kier molecular flexibility index (Phi) is 2.23. The molecular weight excluding hydrogens is 178 g/mol. The van der Waals surface area contributed by atoms with Crippen molar-refractivity contribution < 1.29 is 9.47 Å². The Morgan fingerprint density at radius 1 is 1.00 bits per heavy atom. The quantitative estimate of drug-likeness (QED) is 0.726. The summed E-state index contributed by atoms with van der Waals surface area (Å²) >= 11 is 0. The summed E-state index contributed by atoms with van der Waals surface area (Å²) in [5.74, 6) is 1.58. The third-order valence-electron chi connectivity index (χ3n) is 2.13. The molecule has 0 atom stereocenters. The van der Waals surface area contributed by atoms with Crippen molar-refractivity contribution in [3.05, 3.63) is 30.5 Å². The highest BCUT2D eigenvalue weighted by molar-refractivity contribution is 5.89. The van der Waals surface area contributed by atoms with Gasteiger partial charge in [-0.3, -0.25) is 4.98 Å². The van der Waals surface area contributed by atoms with Crippen molar-refractivity contribution in [2.45, 2.75) is 0 Å². The Morgan fingerprint density at radius 3 is 2.43 bits per heavy atom. The predicted molar refractivity (Wildman–Crippen MR) is 54.8 cm³/mol. The van der Waals surface area contributed by atoms with Crippen molar-refractivity contribution in [3.63, 3.8) is 0 Å². The van der Waals surface area contributed by atoms with E-state index in [9.17, 15) is 0 Å². The maximum absolute atomic E-state index is 5.23. The molecule has 3 heteroatoms. The molecule has 0 aliphatic heterocycles. The van der Waals surface area contributed by atoms with Gasteiger partial charge in [0.05, 0.1) is 14.2 Å². The van der Waals surface area contributed by atoms with Crippen LogP contribution in [0.25, 0.3) is 10.9 Å². The number of aromatic nitrogens is 1. The van der Waals surface area contributed by atoms with Gasteiger partial charge in [0.1, 0.15) is 17.0 Å². The molecule has 0 aliphatic carbocycles. The molecule has 1 heterocycles. The third-order valence-corrected chi connectivity index (χ3v) is 2.13. The molecule has 2 aromatic rings. The van der Waals surface area contributed by atoms with E-state index in [1.165, 1.54) is 0 Å². The Balaban J connectivity index is 2.78. The summed E-state index contributed by atoms with van der Waals surface area (Å²) in [6.07, 6.45) is 1.74. The van der Waals surface area contributed by atoms with Crippen molar-refractivity contribution >= 4 is 10.9 Å². The summed E-state index contributed by atoms with van der Waals surface area (Å²) in [7, 11) is 3.28. The van der Waals surface area contributed by atoms with E-state index < -0.39 is 0 Å². The van der Waals surface area contributed by atoms with Gasteiger partial charge in [0, 0.05) is 11.6 Å². The monoisotopic (exact) mass is 189 g/mol. The van der Waals surface area contributed by atoms with Crippen LogP contribution in [0.1, 0.15) is 0 Å². The standard InChI is InChI=1S/C11H11NO2/c1-13-9-5-6-10(14-2)11-8(9)4-3-7-12-11/h3-7H,1-2H3. The van der Waals surface area contributed by atoms with Crippen molar-refractivity contribution in [1.29, 1.82) is 0 Å². The number of nitrogens with zero attached hydrogens (tertiary/aromatic N) is 1. The molecule has 2 rings (SSSR count). The fourth-order valence-corrected chi connectivity index (χ4v) is 1.46. The van der Waals surface area contributed by atoms with E-state index in [1.54, 1.807) is 20.4 Å². The van der Waals surface area contributed by atoms with Crippen LogP contribution in [0.4, 0.5) is 0 Å². The lowest BCUT2D eigenvalue weighted by Gasteiger charge is -2.07. The van der Waals surface area contributed by atoms with Gasteiger partial charge in [0.25, 0.3) is 0 Å². The first-order valence-corrected chi connectivity index (χ1v) is 4.32. The maximum atomic E-state index is 5.23. The number of pyridine rings is 1. The van der Waals surface area contributed by atoms with E-state index in [0.717, 1.165) is 22.4 Å². The zero-order valence-electron chi connectivity index (χ0n) is 8.15. The lowest BCUT2D eigenvalue weighted by Crippen LogP contribution is -1.90. The molecular formula is C11H11NO2. The summed E-state index contributed by atoms with van der Waals surface area (Å²) in [6.45, 7) is 0. The van der Waals surface area contributed by atoms with Crippen LogP contribution in [-0.2, 0) is 0 Å². The zero-order chi connectivity index (χ0) is 9.97. The smallest absolute Gasteiger partial charge is 0.145 e. The molecule has 14 heavy (non-hydrogen) atoms. The summed E-state index contributed by atoms with van der Waals surface area (Å²) in [4.78, 5) is 4.26. The van der Waals surface area contributed by atoms with Gasteiger partial charge in [0.15, 0.2) is 0 Å². The summed E-state index contributed by atoms with van der Waals surface area (Å²) in [5, 5.41) is 0.967. The largest absolute Gasteiger partial charge is 0.496 e. The highest BCUT2D eigenvalue weighted by atomic mass is 16.5. The molecule has 0 fully saturated rings. The molecule has 0 bridgehead atoms. The number of rotatable bonds is 2. The molecule has 72 valence electrons. The number of benzene rings is 1. The van der Waals surface area contributed by atoms with Crippen LogP contribution < -0.4 is 9.47 Å². The molecule has 0 spiro atoms. The second-order valence-corrected chi connectivity index (χ2v) is 2.87. The van der Waals surface area contributed by atoms with Gasteiger partial charge in [-0.15, -0.1) is 0 Å². The van der Waals surface area contributed by atoms with Gasteiger partial charge >= 0.3 is 0 Å². The molecule has 0 radical (unpaired) electrons. The highest BCUT2D eigenvalue weighted by Gasteiger charge is 2.06. The molecule has 1 aromatic carbocycles. The third kappa shape index (κ3) is 1.27. The average Bonchev–Trinajstić information content (AvgIpc) is 2.27. The van der Waals surface area contributed by atoms with Crippen molar-refractivity contribution in [1.82, 2.24) is 4.98 Å². The zero-order valence-corrected chi connectivity index (χ0v) is 8.15.